The maximum atomic E-state index is 13.4. The Morgan fingerprint density at radius 3 is 2.74 bits per heavy atom. The molecule has 3 atom stereocenters. The van der Waals surface area contributed by atoms with Crippen molar-refractivity contribution in [1.82, 2.24) is 19.6 Å². The Morgan fingerprint density at radius 1 is 1.11 bits per heavy atom. The third-order valence-corrected chi connectivity index (χ3v) is 6.61. The van der Waals surface area contributed by atoms with Crippen LogP contribution in [0, 0.1) is 5.92 Å². The summed E-state index contributed by atoms with van der Waals surface area (Å²) in [6.07, 6.45) is 11.8. The van der Waals surface area contributed by atoms with E-state index in [0.29, 0.717) is 11.9 Å². The average Bonchev–Trinajstić information content (AvgIpc) is 3.35. The van der Waals surface area contributed by atoms with Crippen LogP contribution in [-0.2, 0) is 16.1 Å². The number of carbonyl (C=O) groups is 1. The van der Waals surface area contributed by atoms with Crippen LogP contribution in [0.5, 0.6) is 0 Å². The zero-order valence-electron chi connectivity index (χ0n) is 16.7. The van der Waals surface area contributed by atoms with Crippen LogP contribution >= 0.6 is 0 Å². The summed E-state index contributed by atoms with van der Waals surface area (Å²) in [5, 5.41) is 4.39. The molecule has 0 radical (unpaired) electrons. The second-order valence-electron chi connectivity index (χ2n) is 8.32. The summed E-state index contributed by atoms with van der Waals surface area (Å²) in [6.45, 7) is 7.96. The Balaban J connectivity index is 1.42. The van der Waals surface area contributed by atoms with E-state index in [1.165, 1.54) is 32.4 Å². The van der Waals surface area contributed by atoms with Gasteiger partial charge in [0.05, 0.1) is 18.2 Å². The van der Waals surface area contributed by atoms with E-state index in [1.807, 2.05) is 17.1 Å². The van der Waals surface area contributed by atoms with Gasteiger partial charge in [0.2, 0.25) is 5.91 Å². The molecule has 150 valence electrons. The minimum absolute atomic E-state index is 0.0587. The van der Waals surface area contributed by atoms with Gasteiger partial charge in [0.25, 0.3) is 0 Å². The molecule has 6 heteroatoms. The highest BCUT2D eigenvalue weighted by atomic mass is 16.5. The van der Waals surface area contributed by atoms with Gasteiger partial charge >= 0.3 is 0 Å². The molecular weight excluding hydrogens is 340 g/mol. The fourth-order valence-corrected chi connectivity index (χ4v) is 5.07. The first kappa shape index (κ1) is 18.9. The Bertz CT molecular complexity index is 625. The molecule has 0 saturated carbocycles. The summed E-state index contributed by atoms with van der Waals surface area (Å²) in [4.78, 5) is 18.2. The van der Waals surface area contributed by atoms with E-state index in [2.05, 4.69) is 21.8 Å². The van der Waals surface area contributed by atoms with Crippen LogP contribution in [0.1, 0.15) is 63.5 Å². The molecule has 1 unspecified atom stereocenters. The third-order valence-electron chi connectivity index (χ3n) is 6.61. The van der Waals surface area contributed by atoms with Crippen molar-refractivity contribution in [3.63, 3.8) is 0 Å². The van der Waals surface area contributed by atoms with E-state index in [1.54, 1.807) is 0 Å². The van der Waals surface area contributed by atoms with Crippen molar-refractivity contribution < 1.29 is 9.53 Å². The second-order valence-corrected chi connectivity index (χ2v) is 8.32. The third kappa shape index (κ3) is 4.21. The van der Waals surface area contributed by atoms with Gasteiger partial charge in [-0.1, -0.05) is 0 Å². The zero-order chi connectivity index (χ0) is 18.6. The molecule has 1 aromatic rings. The summed E-state index contributed by atoms with van der Waals surface area (Å²) >= 11 is 0. The Hall–Kier alpha value is -1.40. The minimum Gasteiger partial charge on any atom is -0.373 e. The Labute approximate surface area is 162 Å². The first-order valence-corrected chi connectivity index (χ1v) is 10.9. The molecule has 0 bridgehead atoms. The number of nitrogens with zero attached hydrogens (tertiary/aromatic N) is 4. The molecule has 0 N–H and O–H groups in total. The zero-order valence-corrected chi connectivity index (χ0v) is 16.7. The van der Waals surface area contributed by atoms with E-state index < -0.39 is 0 Å². The van der Waals surface area contributed by atoms with Gasteiger partial charge in [0.15, 0.2) is 0 Å². The van der Waals surface area contributed by atoms with Crippen molar-refractivity contribution in [1.29, 1.82) is 0 Å². The molecule has 0 aromatic carbocycles. The van der Waals surface area contributed by atoms with Gasteiger partial charge in [-0.2, -0.15) is 5.10 Å². The number of rotatable bonds is 4. The van der Waals surface area contributed by atoms with Crippen molar-refractivity contribution >= 4 is 5.91 Å². The first-order valence-electron chi connectivity index (χ1n) is 10.9. The van der Waals surface area contributed by atoms with Gasteiger partial charge < -0.3 is 14.5 Å². The normalized spacial score (nSPS) is 30.4. The van der Waals surface area contributed by atoms with Gasteiger partial charge in [0, 0.05) is 44.0 Å². The SMILES string of the molecule is CCn1cc([C@@H]2OCCC[C@H]2C(=O)N2CCCC(N3CCCC3)CC2)cn1. The Kier molecular flexibility index (Phi) is 6.13. The number of ether oxygens (including phenoxy) is 1. The average molecular weight is 375 g/mol. The van der Waals surface area contributed by atoms with Crippen molar-refractivity contribution in [2.45, 2.75) is 70.6 Å². The van der Waals surface area contributed by atoms with Crippen LogP contribution in [0.2, 0.25) is 0 Å². The number of aromatic nitrogens is 2. The van der Waals surface area contributed by atoms with Gasteiger partial charge in [-0.3, -0.25) is 9.48 Å². The van der Waals surface area contributed by atoms with Crippen LogP contribution in [0.25, 0.3) is 0 Å². The van der Waals surface area contributed by atoms with Gasteiger partial charge in [-0.05, 0) is 65.0 Å². The highest BCUT2D eigenvalue weighted by molar-refractivity contribution is 5.79. The number of likely N-dealkylation sites (tertiary alicyclic amines) is 2. The summed E-state index contributed by atoms with van der Waals surface area (Å²) in [5.74, 6) is 0.239. The predicted molar refractivity (Wildman–Crippen MR) is 104 cm³/mol. The minimum atomic E-state index is -0.135. The molecule has 0 aliphatic carbocycles. The highest BCUT2D eigenvalue weighted by Crippen LogP contribution is 2.35. The lowest BCUT2D eigenvalue weighted by atomic mass is 9.89. The lowest BCUT2D eigenvalue weighted by Gasteiger charge is -2.34. The predicted octanol–water partition coefficient (Wildman–Crippen LogP) is 2.85. The van der Waals surface area contributed by atoms with Gasteiger partial charge in [-0.15, -0.1) is 0 Å². The molecule has 3 aliphatic heterocycles. The first-order chi connectivity index (χ1) is 13.3. The molecule has 0 spiro atoms. The standard InChI is InChI=1S/C21H34N4O2/c1-2-25-16-17(15-22-25)20-19(8-6-14-27-20)21(26)24-12-5-7-18(9-13-24)23-10-3-4-11-23/h15-16,18-20H,2-14H2,1H3/t18?,19-,20+/m1/s1. The topological polar surface area (TPSA) is 50.6 Å². The number of amides is 1. The van der Waals surface area contributed by atoms with Crippen LogP contribution in [0.15, 0.2) is 12.4 Å². The maximum Gasteiger partial charge on any atom is 0.228 e. The molecule has 27 heavy (non-hydrogen) atoms. The Morgan fingerprint density at radius 2 is 1.96 bits per heavy atom. The van der Waals surface area contributed by atoms with Crippen LogP contribution in [-0.4, -0.2) is 64.3 Å². The molecule has 1 amide bonds. The van der Waals surface area contributed by atoms with Crippen molar-refractivity contribution in [2.75, 3.05) is 32.8 Å². The molecular formula is C21H34N4O2. The van der Waals surface area contributed by atoms with Crippen LogP contribution in [0.4, 0.5) is 0 Å². The van der Waals surface area contributed by atoms with Crippen molar-refractivity contribution in [3.05, 3.63) is 18.0 Å². The second kappa shape index (κ2) is 8.74. The van der Waals surface area contributed by atoms with Crippen molar-refractivity contribution in [2.24, 2.45) is 5.92 Å². The van der Waals surface area contributed by atoms with Crippen molar-refractivity contribution in [3.8, 4) is 0 Å². The largest absolute Gasteiger partial charge is 0.373 e. The fraction of sp³-hybridized carbons (Fsp3) is 0.810. The summed E-state index contributed by atoms with van der Waals surface area (Å²) < 4.78 is 7.99. The smallest absolute Gasteiger partial charge is 0.228 e. The van der Waals surface area contributed by atoms with Crippen LogP contribution in [0.3, 0.4) is 0 Å². The number of hydrogen-bond donors (Lipinski definition) is 0. The van der Waals surface area contributed by atoms with E-state index in [4.69, 9.17) is 4.74 Å². The molecule has 3 aliphatic rings. The molecule has 1 aromatic heterocycles. The van der Waals surface area contributed by atoms with E-state index >= 15 is 0 Å². The molecule has 4 heterocycles. The van der Waals surface area contributed by atoms with E-state index in [-0.39, 0.29) is 12.0 Å². The van der Waals surface area contributed by atoms with E-state index in [9.17, 15) is 4.79 Å². The summed E-state index contributed by atoms with van der Waals surface area (Å²) in [6, 6.07) is 0.673. The lowest BCUT2D eigenvalue weighted by molar-refractivity contribution is -0.145. The lowest BCUT2D eigenvalue weighted by Crippen LogP contribution is -2.42. The van der Waals surface area contributed by atoms with Gasteiger partial charge in [-0.25, -0.2) is 0 Å². The number of carbonyl (C=O) groups excluding carboxylic acids is 1. The maximum absolute atomic E-state index is 13.4. The van der Waals surface area contributed by atoms with Gasteiger partial charge in [0.1, 0.15) is 0 Å². The van der Waals surface area contributed by atoms with E-state index in [0.717, 1.165) is 57.5 Å². The quantitative estimate of drug-likeness (QED) is 0.813. The number of aryl methyl sites for hydroxylation is 1. The fourth-order valence-electron chi connectivity index (χ4n) is 5.07. The molecule has 4 rings (SSSR count). The summed E-state index contributed by atoms with van der Waals surface area (Å²) in [7, 11) is 0. The monoisotopic (exact) mass is 374 g/mol. The van der Waals surface area contributed by atoms with Crippen LogP contribution < -0.4 is 0 Å². The number of hydrogen-bond acceptors (Lipinski definition) is 4. The molecule has 3 saturated heterocycles. The molecule has 3 fully saturated rings. The highest BCUT2D eigenvalue weighted by Gasteiger charge is 2.37. The summed E-state index contributed by atoms with van der Waals surface area (Å²) in [5.41, 5.74) is 1.06. The molecule has 6 nitrogen and oxygen atoms in total.